The molecule has 0 N–H and O–H groups in total. The van der Waals surface area contributed by atoms with Gasteiger partial charge in [-0.3, -0.25) is 4.90 Å². The average molecular weight is 736 g/mol. The largest absolute Gasteiger partial charge is 0.309 e. The maximum atomic E-state index is 9.77. The summed E-state index contributed by atoms with van der Waals surface area (Å²) in [7, 11) is 0. The minimum atomic E-state index is 0.0322. The van der Waals surface area contributed by atoms with E-state index in [1.54, 1.807) is 0 Å². The van der Waals surface area contributed by atoms with Crippen molar-refractivity contribution in [3.05, 3.63) is 180 Å². The maximum absolute atomic E-state index is 9.77. The molecule has 57 heavy (non-hydrogen) atoms. The number of para-hydroxylation sites is 4. The van der Waals surface area contributed by atoms with Crippen LogP contribution in [0.25, 0.3) is 38.9 Å². The first-order valence-electron chi connectivity index (χ1n) is 20.6. The Morgan fingerprint density at radius 3 is 1.91 bits per heavy atom. The molecule has 0 unspecified atom stereocenters. The van der Waals surface area contributed by atoms with E-state index in [1.165, 1.54) is 60.2 Å². The van der Waals surface area contributed by atoms with Crippen molar-refractivity contribution >= 4 is 39.0 Å². The normalized spacial score (nSPS) is 21.1. The second-order valence-electron chi connectivity index (χ2n) is 17.0. The number of hydrogen-bond donors (Lipinski definition) is 0. The SMILES string of the molecule is N#Cc1ccc2c(c1)c1ccccc1n2-c1ccccc1Cc1cc(N2c3ccccc3C3(c4ccccc42)C2CC4CC(C2)CC3C4)nc(-c2ccccc2)n1. The van der Waals surface area contributed by atoms with Crippen LogP contribution >= 0.6 is 0 Å². The molecular formula is C52H41N5. The summed E-state index contributed by atoms with van der Waals surface area (Å²) in [6, 6.07) is 56.8. The van der Waals surface area contributed by atoms with E-state index in [1.807, 2.05) is 12.1 Å². The van der Waals surface area contributed by atoms with Crippen molar-refractivity contribution in [2.24, 2.45) is 23.7 Å². The van der Waals surface area contributed by atoms with Gasteiger partial charge in [-0.2, -0.15) is 5.26 Å². The predicted molar refractivity (Wildman–Crippen MR) is 228 cm³/mol. The van der Waals surface area contributed by atoms with E-state index in [0.717, 1.165) is 62.2 Å². The van der Waals surface area contributed by atoms with Gasteiger partial charge in [0.25, 0.3) is 0 Å². The van der Waals surface area contributed by atoms with Crippen LogP contribution < -0.4 is 4.90 Å². The van der Waals surface area contributed by atoms with Gasteiger partial charge in [0.05, 0.1) is 39.7 Å². The van der Waals surface area contributed by atoms with Crippen LogP contribution in [0.5, 0.6) is 0 Å². The Hall–Kier alpha value is -6.51. The van der Waals surface area contributed by atoms with Gasteiger partial charge in [-0.05, 0) is 115 Å². The van der Waals surface area contributed by atoms with Crippen LogP contribution in [0.4, 0.5) is 17.2 Å². The summed E-state index contributed by atoms with van der Waals surface area (Å²) in [5.41, 5.74) is 12.6. The van der Waals surface area contributed by atoms with E-state index < -0.39 is 0 Å². The molecule has 0 amide bonds. The number of anilines is 3. The monoisotopic (exact) mass is 735 g/mol. The number of fused-ring (bicyclic) bond motifs is 5. The molecule has 0 radical (unpaired) electrons. The smallest absolute Gasteiger partial charge is 0.161 e. The summed E-state index contributed by atoms with van der Waals surface area (Å²) in [4.78, 5) is 13.2. The molecule has 1 aliphatic heterocycles. The minimum absolute atomic E-state index is 0.0322. The molecule has 2 aromatic heterocycles. The number of nitriles is 1. The van der Waals surface area contributed by atoms with Crippen LogP contribution in [0.15, 0.2) is 152 Å². The zero-order chi connectivity index (χ0) is 37.7. The Bertz CT molecular complexity index is 2860. The van der Waals surface area contributed by atoms with Gasteiger partial charge in [-0.1, -0.05) is 103 Å². The van der Waals surface area contributed by atoms with Crippen molar-refractivity contribution in [1.82, 2.24) is 14.5 Å². The third-order valence-electron chi connectivity index (χ3n) is 14.0. The minimum Gasteiger partial charge on any atom is -0.309 e. The van der Waals surface area contributed by atoms with E-state index >= 15 is 0 Å². The van der Waals surface area contributed by atoms with E-state index in [9.17, 15) is 5.26 Å². The lowest BCUT2D eigenvalue weighted by atomic mass is 9.41. The second-order valence-corrected chi connectivity index (χ2v) is 17.0. The van der Waals surface area contributed by atoms with Gasteiger partial charge in [0.1, 0.15) is 5.82 Å². The fraction of sp³-hybridized carbons (Fsp3) is 0.212. The highest BCUT2D eigenvalue weighted by molar-refractivity contribution is 6.09. The van der Waals surface area contributed by atoms with Crippen molar-refractivity contribution in [2.45, 2.75) is 43.9 Å². The van der Waals surface area contributed by atoms with Gasteiger partial charge in [0.15, 0.2) is 5.82 Å². The number of nitrogens with zero attached hydrogens (tertiary/aromatic N) is 5. The van der Waals surface area contributed by atoms with Crippen LogP contribution in [0.2, 0.25) is 0 Å². The molecule has 1 spiro atoms. The highest BCUT2D eigenvalue weighted by Crippen LogP contribution is 2.69. The Labute approximate surface area is 332 Å². The van der Waals surface area contributed by atoms with Crippen LogP contribution in [-0.2, 0) is 11.8 Å². The van der Waals surface area contributed by atoms with Crippen molar-refractivity contribution in [1.29, 1.82) is 5.26 Å². The van der Waals surface area contributed by atoms with Gasteiger partial charge in [-0.25, -0.2) is 9.97 Å². The molecule has 8 aromatic rings. The molecule has 4 aliphatic carbocycles. The van der Waals surface area contributed by atoms with E-state index in [2.05, 4.69) is 155 Å². The van der Waals surface area contributed by atoms with Crippen LogP contribution in [-0.4, -0.2) is 14.5 Å². The first-order valence-corrected chi connectivity index (χ1v) is 20.6. The summed E-state index contributed by atoms with van der Waals surface area (Å²) in [6.45, 7) is 0. The second kappa shape index (κ2) is 12.5. The van der Waals surface area contributed by atoms with Gasteiger partial charge in [-0.15, -0.1) is 0 Å². The summed E-state index contributed by atoms with van der Waals surface area (Å²) >= 11 is 0. The lowest BCUT2D eigenvalue weighted by molar-refractivity contribution is -0.0419. The summed E-state index contributed by atoms with van der Waals surface area (Å²) in [6.07, 6.45) is 7.43. The van der Waals surface area contributed by atoms with Crippen molar-refractivity contribution in [2.75, 3.05) is 4.90 Å². The van der Waals surface area contributed by atoms with Crippen molar-refractivity contribution < 1.29 is 0 Å². The lowest BCUT2D eigenvalue weighted by Crippen LogP contribution is -2.57. The van der Waals surface area contributed by atoms with Gasteiger partial charge < -0.3 is 4.57 Å². The molecule has 4 saturated carbocycles. The van der Waals surface area contributed by atoms with Crippen LogP contribution in [0, 0.1) is 35.0 Å². The molecule has 4 fully saturated rings. The third-order valence-corrected chi connectivity index (χ3v) is 14.0. The summed E-state index contributed by atoms with van der Waals surface area (Å²) in [5.74, 6) is 4.73. The molecular weight excluding hydrogens is 695 g/mol. The Morgan fingerprint density at radius 2 is 1.19 bits per heavy atom. The van der Waals surface area contributed by atoms with Gasteiger partial charge in [0, 0.05) is 39.9 Å². The zero-order valence-corrected chi connectivity index (χ0v) is 31.7. The quantitative estimate of drug-likeness (QED) is 0.177. The number of hydrogen-bond acceptors (Lipinski definition) is 4. The standard InChI is InChI=1S/C52H41N5/c53-32-33-22-23-47-42(29-33)41-15-5-9-19-46(41)56(47)45-18-8-4-14-37(45)30-40-31-50(55-51(54-40)36-12-2-1-3-13-36)57-48-20-10-6-16-43(48)52(44-17-7-11-21-49(44)57)38-25-34-24-35(27-38)28-39(52)26-34/h1-23,29,31,34-35,38-39H,24-28,30H2. The Morgan fingerprint density at radius 1 is 0.579 bits per heavy atom. The fourth-order valence-electron chi connectivity index (χ4n) is 12.1. The number of rotatable bonds is 5. The topological polar surface area (TPSA) is 57.7 Å². The molecule has 5 aliphatic rings. The average Bonchev–Trinajstić information content (AvgIpc) is 3.58. The molecule has 5 nitrogen and oxygen atoms in total. The van der Waals surface area contributed by atoms with E-state index in [0.29, 0.717) is 23.8 Å². The number of aromatic nitrogens is 3. The van der Waals surface area contributed by atoms with E-state index in [4.69, 9.17) is 9.97 Å². The number of benzene rings is 6. The van der Waals surface area contributed by atoms with Crippen LogP contribution in [0.3, 0.4) is 0 Å². The highest BCUT2D eigenvalue weighted by atomic mass is 15.2. The molecule has 274 valence electrons. The molecule has 6 aromatic carbocycles. The summed E-state index contributed by atoms with van der Waals surface area (Å²) < 4.78 is 2.35. The van der Waals surface area contributed by atoms with Gasteiger partial charge in [0.2, 0.25) is 0 Å². The molecule has 3 heterocycles. The van der Waals surface area contributed by atoms with Crippen molar-refractivity contribution in [3.63, 3.8) is 0 Å². The molecule has 4 bridgehead atoms. The Kier molecular flexibility index (Phi) is 7.17. The predicted octanol–water partition coefficient (Wildman–Crippen LogP) is 12.2. The first-order chi connectivity index (χ1) is 28.2. The maximum Gasteiger partial charge on any atom is 0.161 e. The zero-order valence-electron chi connectivity index (χ0n) is 31.7. The summed E-state index contributed by atoms with van der Waals surface area (Å²) in [5, 5.41) is 12.0. The van der Waals surface area contributed by atoms with Crippen LogP contribution in [0.1, 0.15) is 60.1 Å². The van der Waals surface area contributed by atoms with Gasteiger partial charge >= 0.3 is 0 Å². The molecule has 0 saturated heterocycles. The highest BCUT2D eigenvalue weighted by Gasteiger charge is 2.61. The van der Waals surface area contributed by atoms with Crippen molar-refractivity contribution in [3.8, 4) is 23.1 Å². The third kappa shape index (κ3) is 4.80. The fourth-order valence-corrected chi connectivity index (χ4v) is 12.1. The molecule has 5 heteroatoms. The lowest BCUT2D eigenvalue weighted by Gasteiger charge is -2.64. The van der Waals surface area contributed by atoms with E-state index in [-0.39, 0.29) is 5.41 Å². The Balaban J connectivity index is 1.04. The molecule has 13 rings (SSSR count). The molecule has 0 atom stereocenters. The first kappa shape index (κ1) is 32.7.